The molecule has 0 saturated carbocycles. The van der Waals surface area contributed by atoms with Crippen molar-refractivity contribution in [1.29, 1.82) is 0 Å². The standard InChI is InChI=1S/C20H27NO2/c1-12(2)10-16-13(3)8-9-15-18(16)21(20(5,6)7)11-17(14(4)22)19(15)23/h8-9,11-12H,10H2,1-7H3. The maximum Gasteiger partial charge on any atom is 0.200 e. The maximum atomic E-state index is 12.8. The Morgan fingerprint density at radius 3 is 2.30 bits per heavy atom. The molecule has 0 aliphatic carbocycles. The van der Waals surface area contributed by atoms with Crippen molar-refractivity contribution < 1.29 is 4.79 Å². The summed E-state index contributed by atoms with van der Waals surface area (Å²) >= 11 is 0. The maximum absolute atomic E-state index is 12.8. The van der Waals surface area contributed by atoms with Crippen LogP contribution >= 0.6 is 0 Å². The largest absolute Gasteiger partial charge is 0.341 e. The summed E-state index contributed by atoms with van der Waals surface area (Å²) in [5.41, 5.74) is 3.28. The molecule has 0 aliphatic rings. The Balaban J connectivity index is 3.04. The van der Waals surface area contributed by atoms with Gasteiger partial charge < -0.3 is 4.57 Å². The highest BCUT2D eigenvalue weighted by Gasteiger charge is 2.22. The van der Waals surface area contributed by atoms with Crippen molar-refractivity contribution in [3.63, 3.8) is 0 Å². The van der Waals surface area contributed by atoms with Gasteiger partial charge in [-0.1, -0.05) is 19.9 Å². The average Bonchev–Trinajstić information content (AvgIpc) is 2.40. The van der Waals surface area contributed by atoms with E-state index in [9.17, 15) is 9.59 Å². The van der Waals surface area contributed by atoms with E-state index in [1.807, 2.05) is 12.1 Å². The van der Waals surface area contributed by atoms with E-state index < -0.39 is 0 Å². The Labute approximate surface area is 138 Å². The van der Waals surface area contributed by atoms with Gasteiger partial charge in [0.05, 0.1) is 11.1 Å². The van der Waals surface area contributed by atoms with Crippen LogP contribution in [0.15, 0.2) is 23.1 Å². The van der Waals surface area contributed by atoms with E-state index in [0.29, 0.717) is 11.3 Å². The first-order chi connectivity index (χ1) is 10.5. The average molecular weight is 313 g/mol. The van der Waals surface area contributed by atoms with Gasteiger partial charge >= 0.3 is 0 Å². The molecule has 1 heterocycles. The van der Waals surface area contributed by atoms with Crippen LogP contribution in [0.5, 0.6) is 0 Å². The number of fused-ring (bicyclic) bond motifs is 1. The van der Waals surface area contributed by atoms with E-state index in [2.05, 4.69) is 46.1 Å². The third kappa shape index (κ3) is 3.24. The molecule has 1 aromatic carbocycles. The first-order valence-corrected chi connectivity index (χ1v) is 8.23. The number of hydrogen-bond donors (Lipinski definition) is 0. The van der Waals surface area contributed by atoms with Gasteiger partial charge in [0.15, 0.2) is 11.2 Å². The molecule has 3 heteroatoms. The van der Waals surface area contributed by atoms with Gasteiger partial charge in [0.25, 0.3) is 0 Å². The van der Waals surface area contributed by atoms with Gasteiger partial charge in [0.1, 0.15) is 0 Å². The smallest absolute Gasteiger partial charge is 0.200 e. The molecule has 2 rings (SSSR count). The van der Waals surface area contributed by atoms with Crippen molar-refractivity contribution in [2.45, 2.75) is 60.4 Å². The van der Waals surface area contributed by atoms with E-state index in [0.717, 1.165) is 11.9 Å². The minimum absolute atomic E-state index is 0.155. The number of pyridine rings is 1. The van der Waals surface area contributed by atoms with Gasteiger partial charge in [0, 0.05) is 17.1 Å². The normalized spacial score (nSPS) is 12.2. The fourth-order valence-corrected chi connectivity index (χ4v) is 3.04. The molecule has 0 radical (unpaired) electrons. The lowest BCUT2D eigenvalue weighted by molar-refractivity contribution is 0.101. The van der Waals surface area contributed by atoms with Crippen molar-refractivity contribution in [1.82, 2.24) is 4.57 Å². The van der Waals surface area contributed by atoms with Gasteiger partial charge in [0.2, 0.25) is 0 Å². The lowest BCUT2D eigenvalue weighted by Gasteiger charge is -2.28. The molecule has 0 aliphatic heterocycles. The van der Waals surface area contributed by atoms with Crippen LogP contribution in [-0.2, 0) is 12.0 Å². The summed E-state index contributed by atoms with van der Waals surface area (Å²) in [5.74, 6) is 0.316. The van der Waals surface area contributed by atoms with E-state index in [1.165, 1.54) is 18.1 Å². The van der Waals surface area contributed by atoms with Gasteiger partial charge in [-0.15, -0.1) is 0 Å². The van der Waals surface area contributed by atoms with Gasteiger partial charge in [-0.2, -0.15) is 0 Å². The molecule has 0 saturated heterocycles. The predicted octanol–water partition coefficient (Wildman–Crippen LogP) is 4.47. The van der Waals surface area contributed by atoms with Crippen LogP contribution in [0.1, 0.15) is 63.0 Å². The summed E-state index contributed by atoms with van der Waals surface area (Å²) in [7, 11) is 0. The van der Waals surface area contributed by atoms with Crippen LogP contribution in [-0.4, -0.2) is 10.4 Å². The van der Waals surface area contributed by atoms with Gasteiger partial charge in [-0.25, -0.2) is 0 Å². The summed E-state index contributed by atoms with van der Waals surface area (Å²) in [6, 6.07) is 3.86. The second-order valence-electron chi connectivity index (χ2n) is 7.82. The molecule has 23 heavy (non-hydrogen) atoms. The van der Waals surface area contributed by atoms with E-state index in [4.69, 9.17) is 0 Å². The first kappa shape index (κ1) is 17.5. The first-order valence-electron chi connectivity index (χ1n) is 8.23. The Bertz CT molecular complexity index is 820. The van der Waals surface area contributed by atoms with Crippen molar-refractivity contribution in [3.05, 3.63) is 45.2 Å². The van der Waals surface area contributed by atoms with Crippen LogP contribution in [0.4, 0.5) is 0 Å². The Morgan fingerprint density at radius 2 is 1.83 bits per heavy atom. The van der Waals surface area contributed by atoms with Crippen LogP contribution in [0.25, 0.3) is 10.9 Å². The quantitative estimate of drug-likeness (QED) is 0.784. The molecule has 0 atom stereocenters. The third-order valence-corrected chi connectivity index (χ3v) is 4.22. The molecule has 3 nitrogen and oxygen atoms in total. The van der Waals surface area contributed by atoms with Gasteiger partial charge in [-0.05, 0) is 64.2 Å². The number of carbonyl (C=O) groups is 1. The lowest BCUT2D eigenvalue weighted by Crippen LogP contribution is -2.28. The number of Topliss-reactive ketones (excluding diaryl/α,β-unsaturated/α-hetero) is 1. The summed E-state index contributed by atoms with van der Waals surface area (Å²) < 4.78 is 2.10. The summed E-state index contributed by atoms with van der Waals surface area (Å²) in [5, 5.41) is 0.647. The Kier molecular flexibility index (Phi) is 4.52. The van der Waals surface area contributed by atoms with Crippen LogP contribution < -0.4 is 5.43 Å². The van der Waals surface area contributed by atoms with Gasteiger partial charge in [-0.3, -0.25) is 9.59 Å². The minimum atomic E-state index is -0.213. The number of aryl methyl sites for hydroxylation is 1. The lowest BCUT2D eigenvalue weighted by atomic mass is 9.93. The minimum Gasteiger partial charge on any atom is -0.341 e. The molecule has 0 fully saturated rings. The molecule has 0 spiro atoms. The number of carbonyl (C=O) groups excluding carboxylic acids is 1. The molecule has 0 amide bonds. The zero-order valence-corrected chi connectivity index (χ0v) is 15.3. The molecule has 1 aromatic heterocycles. The van der Waals surface area contributed by atoms with Crippen LogP contribution in [0, 0.1) is 12.8 Å². The number of benzene rings is 1. The zero-order chi connectivity index (χ0) is 17.5. The third-order valence-electron chi connectivity index (χ3n) is 4.22. The van der Waals surface area contributed by atoms with Crippen LogP contribution in [0.2, 0.25) is 0 Å². The number of rotatable bonds is 3. The zero-order valence-electron chi connectivity index (χ0n) is 15.3. The van der Waals surface area contributed by atoms with Crippen molar-refractivity contribution in [2.24, 2.45) is 5.92 Å². The second kappa shape index (κ2) is 5.95. The fourth-order valence-electron chi connectivity index (χ4n) is 3.04. The highest BCUT2D eigenvalue weighted by molar-refractivity contribution is 5.98. The molecule has 0 bridgehead atoms. The fraction of sp³-hybridized carbons (Fsp3) is 0.500. The number of hydrogen-bond acceptors (Lipinski definition) is 2. The molecular formula is C20H27NO2. The predicted molar refractivity (Wildman–Crippen MR) is 96.5 cm³/mol. The number of aromatic nitrogens is 1. The number of ketones is 1. The number of nitrogens with zero attached hydrogens (tertiary/aromatic N) is 1. The SMILES string of the molecule is CC(=O)c1cn(C(C)(C)C)c2c(CC(C)C)c(C)ccc2c1=O. The van der Waals surface area contributed by atoms with E-state index in [-0.39, 0.29) is 22.3 Å². The van der Waals surface area contributed by atoms with Crippen molar-refractivity contribution in [3.8, 4) is 0 Å². The van der Waals surface area contributed by atoms with Crippen molar-refractivity contribution in [2.75, 3.05) is 0 Å². The molecule has 0 N–H and O–H groups in total. The molecule has 2 aromatic rings. The topological polar surface area (TPSA) is 39.1 Å². The summed E-state index contributed by atoms with van der Waals surface area (Å²) in [6.07, 6.45) is 2.66. The summed E-state index contributed by atoms with van der Waals surface area (Å²) in [4.78, 5) is 24.7. The summed E-state index contributed by atoms with van der Waals surface area (Å²) in [6.45, 7) is 14.2. The highest BCUT2D eigenvalue weighted by atomic mass is 16.1. The molecule has 124 valence electrons. The van der Waals surface area contributed by atoms with Crippen LogP contribution in [0.3, 0.4) is 0 Å². The monoisotopic (exact) mass is 313 g/mol. The Morgan fingerprint density at radius 1 is 1.22 bits per heavy atom. The van der Waals surface area contributed by atoms with E-state index in [1.54, 1.807) is 6.20 Å². The van der Waals surface area contributed by atoms with E-state index >= 15 is 0 Å². The van der Waals surface area contributed by atoms with Crippen molar-refractivity contribution >= 4 is 16.7 Å². The molecular weight excluding hydrogens is 286 g/mol. The second-order valence-corrected chi connectivity index (χ2v) is 7.82. The Hall–Kier alpha value is -1.90. The molecule has 0 unspecified atom stereocenters. The highest BCUT2D eigenvalue weighted by Crippen LogP contribution is 2.28.